The standard InChI is InChI=1S/C33H47N3O5/c1-6-8-9-10-11-15-21-36(31(39)28(24-37)35-32(40)41-33(3,4)5)29(27-20-16-19-25(7-2)22-27)30(38)34-23-26-17-13-12-14-18-26/h7,12-14,16-20,22,28-29,37H,2,6,8-11,15,21,23-24H2,1,3-5H3,(H,34,38)(H,35,40). The number of nitrogens with one attached hydrogen (secondary N) is 2. The highest BCUT2D eigenvalue weighted by Crippen LogP contribution is 2.25. The van der Waals surface area contributed by atoms with Gasteiger partial charge in [0.25, 0.3) is 0 Å². The van der Waals surface area contributed by atoms with Crippen LogP contribution in [0.4, 0.5) is 4.79 Å². The minimum absolute atomic E-state index is 0.277. The van der Waals surface area contributed by atoms with Gasteiger partial charge in [-0.3, -0.25) is 9.59 Å². The van der Waals surface area contributed by atoms with Gasteiger partial charge in [-0.1, -0.05) is 100 Å². The third-order valence-corrected chi connectivity index (χ3v) is 6.54. The molecular formula is C33H47N3O5. The molecule has 2 aromatic rings. The predicted octanol–water partition coefficient (Wildman–Crippen LogP) is 5.76. The molecule has 41 heavy (non-hydrogen) atoms. The third kappa shape index (κ3) is 11.8. The van der Waals surface area contributed by atoms with Crippen molar-refractivity contribution in [3.05, 3.63) is 77.9 Å². The predicted molar refractivity (Wildman–Crippen MR) is 163 cm³/mol. The van der Waals surface area contributed by atoms with Crippen LogP contribution in [0.1, 0.15) is 89.0 Å². The van der Waals surface area contributed by atoms with Gasteiger partial charge in [-0.25, -0.2) is 4.79 Å². The molecule has 2 unspecified atom stereocenters. The number of unbranched alkanes of at least 4 members (excludes halogenated alkanes) is 5. The normalized spacial score (nSPS) is 12.6. The van der Waals surface area contributed by atoms with Crippen LogP contribution < -0.4 is 10.6 Å². The van der Waals surface area contributed by atoms with Gasteiger partial charge in [0.15, 0.2) is 0 Å². The summed E-state index contributed by atoms with van der Waals surface area (Å²) in [6.07, 6.45) is 6.82. The van der Waals surface area contributed by atoms with Crippen LogP contribution in [0.3, 0.4) is 0 Å². The first-order chi connectivity index (χ1) is 19.6. The fourth-order valence-corrected chi connectivity index (χ4v) is 4.48. The molecule has 2 rings (SSSR count). The van der Waals surface area contributed by atoms with E-state index in [1.54, 1.807) is 32.9 Å². The monoisotopic (exact) mass is 565 g/mol. The molecule has 0 aliphatic carbocycles. The lowest BCUT2D eigenvalue weighted by Crippen LogP contribution is -2.54. The van der Waals surface area contributed by atoms with Gasteiger partial charge in [0.1, 0.15) is 17.7 Å². The molecule has 2 aromatic carbocycles. The SMILES string of the molecule is C=Cc1cccc(C(C(=O)NCc2ccccc2)N(CCCCCCCC)C(=O)C(CO)NC(=O)OC(C)(C)C)c1. The van der Waals surface area contributed by atoms with Crippen molar-refractivity contribution >= 4 is 24.0 Å². The molecule has 0 aliphatic heterocycles. The van der Waals surface area contributed by atoms with E-state index in [4.69, 9.17) is 4.74 Å². The average molecular weight is 566 g/mol. The number of rotatable bonds is 16. The average Bonchev–Trinajstić information content (AvgIpc) is 2.95. The summed E-state index contributed by atoms with van der Waals surface area (Å²) in [6.45, 7) is 11.1. The maximum Gasteiger partial charge on any atom is 0.408 e. The maximum absolute atomic E-state index is 14.0. The van der Waals surface area contributed by atoms with E-state index < -0.39 is 36.3 Å². The zero-order chi connectivity index (χ0) is 30.3. The van der Waals surface area contributed by atoms with Gasteiger partial charge in [-0.15, -0.1) is 0 Å². The van der Waals surface area contributed by atoms with Crippen LogP contribution in [0.25, 0.3) is 6.08 Å². The van der Waals surface area contributed by atoms with Crippen LogP contribution in [0.2, 0.25) is 0 Å². The number of carbonyl (C=O) groups excluding carboxylic acids is 3. The lowest BCUT2D eigenvalue weighted by molar-refractivity contribution is -0.143. The van der Waals surface area contributed by atoms with Crippen LogP contribution in [0.5, 0.6) is 0 Å². The Labute approximate surface area is 245 Å². The van der Waals surface area contributed by atoms with Crippen molar-refractivity contribution in [3.8, 4) is 0 Å². The summed E-state index contributed by atoms with van der Waals surface area (Å²) in [5.41, 5.74) is 1.56. The summed E-state index contributed by atoms with van der Waals surface area (Å²) < 4.78 is 5.32. The Morgan fingerprint density at radius 2 is 1.68 bits per heavy atom. The Morgan fingerprint density at radius 1 is 1.00 bits per heavy atom. The first-order valence-corrected chi connectivity index (χ1v) is 14.5. The summed E-state index contributed by atoms with van der Waals surface area (Å²) in [6, 6.07) is 14.6. The molecule has 0 fully saturated rings. The van der Waals surface area contributed by atoms with Gasteiger partial charge in [0, 0.05) is 13.1 Å². The van der Waals surface area contributed by atoms with Gasteiger partial charge in [-0.05, 0) is 49.9 Å². The number of hydrogen-bond donors (Lipinski definition) is 3. The van der Waals surface area contributed by atoms with E-state index in [0.29, 0.717) is 12.0 Å². The number of benzene rings is 2. The number of hydrogen-bond acceptors (Lipinski definition) is 5. The molecule has 3 N–H and O–H groups in total. The molecule has 8 nitrogen and oxygen atoms in total. The van der Waals surface area contributed by atoms with E-state index in [2.05, 4.69) is 24.1 Å². The molecule has 0 aliphatic rings. The first kappa shape index (κ1) is 33.6. The van der Waals surface area contributed by atoms with Crippen LogP contribution in [0.15, 0.2) is 61.2 Å². The first-order valence-electron chi connectivity index (χ1n) is 14.5. The molecule has 0 spiro atoms. The number of aliphatic hydroxyl groups is 1. The molecule has 3 amide bonds. The highest BCUT2D eigenvalue weighted by Gasteiger charge is 2.36. The van der Waals surface area contributed by atoms with Gasteiger partial charge in [-0.2, -0.15) is 0 Å². The zero-order valence-electron chi connectivity index (χ0n) is 25.0. The molecule has 224 valence electrons. The Hall–Kier alpha value is -3.65. The van der Waals surface area contributed by atoms with Crippen molar-refractivity contribution < 1.29 is 24.2 Å². The molecule has 0 saturated heterocycles. The number of alkyl carbamates (subject to hydrolysis) is 1. The Kier molecular flexibility index (Phi) is 14.1. The lowest BCUT2D eigenvalue weighted by Gasteiger charge is -2.34. The summed E-state index contributed by atoms with van der Waals surface area (Å²) in [5, 5.41) is 15.6. The number of nitrogens with zero attached hydrogens (tertiary/aromatic N) is 1. The quantitative estimate of drug-likeness (QED) is 0.224. The third-order valence-electron chi connectivity index (χ3n) is 6.54. The van der Waals surface area contributed by atoms with E-state index in [-0.39, 0.29) is 19.0 Å². The maximum atomic E-state index is 14.0. The Morgan fingerprint density at radius 3 is 2.32 bits per heavy atom. The second-order valence-electron chi connectivity index (χ2n) is 11.2. The lowest BCUT2D eigenvalue weighted by atomic mass is 9.99. The number of ether oxygens (including phenoxy) is 1. The second kappa shape index (κ2) is 17.2. The van der Waals surface area contributed by atoms with E-state index in [0.717, 1.165) is 43.2 Å². The number of carbonyl (C=O) groups is 3. The Bertz CT molecular complexity index is 1110. The van der Waals surface area contributed by atoms with Crippen LogP contribution in [-0.4, -0.2) is 52.7 Å². The van der Waals surface area contributed by atoms with E-state index in [9.17, 15) is 19.5 Å². The fraction of sp³-hybridized carbons (Fsp3) is 0.485. The van der Waals surface area contributed by atoms with Gasteiger partial charge in [0.05, 0.1) is 6.61 Å². The van der Waals surface area contributed by atoms with Crippen molar-refractivity contribution in [2.24, 2.45) is 0 Å². The van der Waals surface area contributed by atoms with E-state index in [1.807, 2.05) is 48.5 Å². The smallest absolute Gasteiger partial charge is 0.408 e. The molecule has 2 atom stereocenters. The van der Waals surface area contributed by atoms with Crippen LogP contribution in [-0.2, 0) is 20.9 Å². The summed E-state index contributed by atoms with van der Waals surface area (Å²) in [5.74, 6) is -0.917. The summed E-state index contributed by atoms with van der Waals surface area (Å²) in [4.78, 5) is 41.8. The summed E-state index contributed by atoms with van der Waals surface area (Å²) in [7, 11) is 0. The topological polar surface area (TPSA) is 108 Å². The van der Waals surface area contributed by atoms with Crippen molar-refractivity contribution in [1.82, 2.24) is 15.5 Å². The molecular weight excluding hydrogens is 518 g/mol. The molecule has 8 heteroatoms. The van der Waals surface area contributed by atoms with Crippen molar-refractivity contribution in [2.45, 2.75) is 90.4 Å². The van der Waals surface area contributed by atoms with Crippen molar-refractivity contribution in [2.75, 3.05) is 13.2 Å². The van der Waals surface area contributed by atoms with Crippen LogP contribution in [0, 0.1) is 0 Å². The van der Waals surface area contributed by atoms with Gasteiger partial charge < -0.3 is 25.4 Å². The minimum Gasteiger partial charge on any atom is -0.444 e. The van der Waals surface area contributed by atoms with Gasteiger partial charge >= 0.3 is 6.09 Å². The molecule has 0 aromatic heterocycles. The van der Waals surface area contributed by atoms with E-state index >= 15 is 0 Å². The highest BCUT2D eigenvalue weighted by molar-refractivity contribution is 5.92. The molecule has 0 radical (unpaired) electrons. The fourth-order valence-electron chi connectivity index (χ4n) is 4.48. The minimum atomic E-state index is -1.28. The molecule has 0 bridgehead atoms. The van der Waals surface area contributed by atoms with Gasteiger partial charge in [0.2, 0.25) is 11.8 Å². The number of aliphatic hydroxyl groups excluding tert-OH is 1. The number of amides is 3. The van der Waals surface area contributed by atoms with Crippen molar-refractivity contribution in [1.29, 1.82) is 0 Å². The molecule has 0 saturated carbocycles. The largest absolute Gasteiger partial charge is 0.444 e. The highest BCUT2D eigenvalue weighted by atomic mass is 16.6. The molecule has 0 heterocycles. The Balaban J connectivity index is 2.42. The van der Waals surface area contributed by atoms with Crippen LogP contribution >= 0.6 is 0 Å². The zero-order valence-corrected chi connectivity index (χ0v) is 25.0. The van der Waals surface area contributed by atoms with E-state index in [1.165, 1.54) is 4.90 Å². The van der Waals surface area contributed by atoms with Crippen molar-refractivity contribution in [3.63, 3.8) is 0 Å². The summed E-state index contributed by atoms with van der Waals surface area (Å²) >= 11 is 0. The second-order valence-corrected chi connectivity index (χ2v) is 11.2.